The molecule has 0 bridgehead atoms. The summed E-state index contributed by atoms with van der Waals surface area (Å²) in [7, 11) is 0. The predicted octanol–water partition coefficient (Wildman–Crippen LogP) is 3.07. The van der Waals surface area contributed by atoms with E-state index in [1.807, 2.05) is 18.2 Å². The van der Waals surface area contributed by atoms with Crippen molar-refractivity contribution in [2.45, 2.75) is 20.4 Å². The molecule has 6 heteroatoms. The van der Waals surface area contributed by atoms with Crippen LogP contribution in [0.2, 0.25) is 0 Å². The molecule has 122 valence electrons. The van der Waals surface area contributed by atoms with Crippen LogP contribution < -0.4 is 5.32 Å². The van der Waals surface area contributed by atoms with Gasteiger partial charge in [-0.05, 0) is 42.3 Å². The zero-order valence-corrected chi connectivity index (χ0v) is 13.3. The third kappa shape index (κ3) is 2.86. The van der Waals surface area contributed by atoms with E-state index >= 15 is 0 Å². The fourth-order valence-electron chi connectivity index (χ4n) is 2.70. The Kier molecular flexibility index (Phi) is 4.04. The van der Waals surface area contributed by atoms with E-state index in [1.54, 1.807) is 32.0 Å². The number of amides is 1. The minimum atomic E-state index is -0.980. The number of aryl methyl sites for hydroxylation is 2. The highest BCUT2D eigenvalue weighted by Crippen LogP contribution is 2.21. The van der Waals surface area contributed by atoms with E-state index in [-0.39, 0.29) is 18.0 Å². The number of fused-ring (bicyclic) bond motifs is 1. The lowest BCUT2D eigenvalue weighted by Crippen LogP contribution is -2.24. The van der Waals surface area contributed by atoms with E-state index < -0.39 is 5.97 Å². The second kappa shape index (κ2) is 6.16. The number of benzene rings is 2. The normalized spacial score (nSPS) is 10.8. The molecular formula is C18H16N2O4. The van der Waals surface area contributed by atoms with Crippen LogP contribution >= 0.6 is 0 Å². The molecule has 0 saturated carbocycles. The van der Waals surface area contributed by atoms with Gasteiger partial charge in [-0.1, -0.05) is 29.4 Å². The molecule has 24 heavy (non-hydrogen) atoms. The summed E-state index contributed by atoms with van der Waals surface area (Å²) in [5, 5.41) is 17.5. The van der Waals surface area contributed by atoms with Crippen LogP contribution in [0.3, 0.4) is 0 Å². The van der Waals surface area contributed by atoms with Crippen LogP contribution in [0.5, 0.6) is 0 Å². The molecule has 1 amide bonds. The van der Waals surface area contributed by atoms with Gasteiger partial charge in [0.1, 0.15) is 11.3 Å². The Hall–Kier alpha value is -3.15. The average Bonchev–Trinajstić information content (AvgIpc) is 2.90. The zero-order valence-electron chi connectivity index (χ0n) is 13.3. The van der Waals surface area contributed by atoms with Gasteiger partial charge < -0.3 is 14.9 Å². The molecule has 0 aliphatic heterocycles. The Labute approximate surface area is 138 Å². The summed E-state index contributed by atoms with van der Waals surface area (Å²) < 4.78 is 5.00. The monoisotopic (exact) mass is 324 g/mol. The molecule has 0 saturated heterocycles. The molecule has 2 N–H and O–H groups in total. The smallest absolute Gasteiger partial charge is 0.335 e. The van der Waals surface area contributed by atoms with Gasteiger partial charge in [0.2, 0.25) is 0 Å². The zero-order chi connectivity index (χ0) is 17.3. The molecule has 0 aliphatic rings. The van der Waals surface area contributed by atoms with Crippen molar-refractivity contribution in [1.29, 1.82) is 0 Å². The van der Waals surface area contributed by atoms with Crippen molar-refractivity contribution in [3.63, 3.8) is 0 Å². The molecule has 3 aromatic rings. The predicted molar refractivity (Wildman–Crippen MR) is 88.1 cm³/mol. The summed E-state index contributed by atoms with van der Waals surface area (Å²) in [4.78, 5) is 23.5. The van der Waals surface area contributed by atoms with E-state index in [0.717, 1.165) is 16.3 Å². The van der Waals surface area contributed by atoms with Crippen LogP contribution in [0.25, 0.3) is 10.8 Å². The van der Waals surface area contributed by atoms with Gasteiger partial charge in [0, 0.05) is 6.54 Å². The van der Waals surface area contributed by atoms with Crippen molar-refractivity contribution < 1.29 is 19.2 Å². The number of carboxylic acids is 1. The highest BCUT2D eigenvalue weighted by molar-refractivity contribution is 5.97. The second-order valence-corrected chi connectivity index (χ2v) is 5.54. The summed E-state index contributed by atoms with van der Waals surface area (Å²) >= 11 is 0. The van der Waals surface area contributed by atoms with Crippen molar-refractivity contribution in [1.82, 2.24) is 10.5 Å². The standard InChI is InChI=1S/C18H16N2O4/c1-10-16(11(2)24-20-10)17(21)19-9-14-5-3-4-12-6-7-13(18(22)23)8-15(12)14/h3-8H,9H2,1-2H3,(H,19,21)(H,22,23). The number of carbonyl (C=O) groups excluding carboxylic acids is 1. The van der Waals surface area contributed by atoms with Crippen LogP contribution in [0.4, 0.5) is 0 Å². The maximum atomic E-state index is 12.3. The van der Waals surface area contributed by atoms with Crippen molar-refractivity contribution in [2.75, 3.05) is 0 Å². The van der Waals surface area contributed by atoms with Gasteiger partial charge in [-0.2, -0.15) is 0 Å². The molecule has 0 atom stereocenters. The van der Waals surface area contributed by atoms with Crippen LogP contribution in [0.1, 0.15) is 37.7 Å². The number of carboxylic acid groups (broad SMARTS) is 1. The number of rotatable bonds is 4. The number of hydrogen-bond donors (Lipinski definition) is 2. The van der Waals surface area contributed by atoms with E-state index in [4.69, 9.17) is 9.63 Å². The van der Waals surface area contributed by atoms with Gasteiger partial charge in [0.15, 0.2) is 0 Å². The largest absolute Gasteiger partial charge is 0.478 e. The molecule has 1 aromatic heterocycles. The fourth-order valence-corrected chi connectivity index (χ4v) is 2.70. The molecule has 2 aromatic carbocycles. The number of nitrogens with one attached hydrogen (secondary N) is 1. The first-order valence-electron chi connectivity index (χ1n) is 7.43. The summed E-state index contributed by atoms with van der Waals surface area (Å²) in [6.45, 7) is 3.68. The first-order chi connectivity index (χ1) is 11.5. The lowest BCUT2D eigenvalue weighted by atomic mass is 10.0. The van der Waals surface area contributed by atoms with Crippen molar-refractivity contribution in [2.24, 2.45) is 0 Å². The molecule has 0 aliphatic carbocycles. The Morgan fingerprint density at radius 2 is 2.00 bits per heavy atom. The van der Waals surface area contributed by atoms with E-state index in [2.05, 4.69) is 10.5 Å². The summed E-state index contributed by atoms with van der Waals surface area (Å²) in [6.07, 6.45) is 0. The Balaban J connectivity index is 1.89. The average molecular weight is 324 g/mol. The van der Waals surface area contributed by atoms with Crippen molar-refractivity contribution in [3.05, 3.63) is 64.5 Å². The number of aromatic carboxylic acids is 1. The lowest BCUT2D eigenvalue weighted by Gasteiger charge is -2.09. The maximum Gasteiger partial charge on any atom is 0.335 e. The van der Waals surface area contributed by atoms with Crippen LogP contribution in [0, 0.1) is 13.8 Å². The molecule has 0 spiro atoms. The SMILES string of the molecule is Cc1noc(C)c1C(=O)NCc1cccc2ccc(C(=O)O)cc12. The van der Waals surface area contributed by atoms with Gasteiger partial charge in [0.25, 0.3) is 5.91 Å². The van der Waals surface area contributed by atoms with Crippen molar-refractivity contribution >= 4 is 22.6 Å². The summed E-state index contributed by atoms with van der Waals surface area (Å²) in [5.41, 5.74) is 2.03. The first kappa shape index (κ1) is 15.7. The van der Waals surface area contributed by atoms with Crippen LogP contribution in [-0.2, 0) is 6.54 Å². The highest BCUT2D eigenvalue weighted by Gasteiger charge is 2.17. The van der Waals surface area contributed by atoms with Gasteiger partial charge >= 0.3 is 5.97 Å². The Bertz CT molecular complexity index is 924. The molecule has 0 unspecified atom stereocenters. The molecule has 3 rings (SSSR count). The summed E-state index contributed by atoms with van der Waals surface area (Å²) in [6, 6.07) is 10.6. The fraction of sp³-hybridized carbons (Fsp3) is 0.167. The number of aromatic nitrogens is 1. The molecule has 6 nitrogen and oxygen atoms in total. The molecule has 1 heterocycles. The van der Waals surface area contributed by atoms with Gasteiger partial charge in [0.05, 0.1) is 11.3 Å². The Morgan fingerprint density at radius 1 is 1.21 bits per heavy atom. The van der Waals surface area contributed by atoms with Gasteiger partial charge in [-0.15, -0.1) is 0 Å². The van der Waals surface area contributed by atoms with E-state index in [9.17, 15) is 9.59 Å². The molecule has 0 fully saturated rings. The van der Waals surface area contributed by atoms with Crippen LogP contribution in [0.15, 0.2) is 40.9 Å². The summed E-state index contributed by atoms with van der Waals surface area (Å²) in [5.74, 6) is -0.778. The molecule has 0 radical (unpaired) electrons. The number of nitrogens with zero attached hydrogens (tertiary/aromatic N) is 1. The quantitative estimate of drug-likeness (QED) is 0.769. The van der Waals surface area contributed by atoms with E-state index in [0.29, 0.717) is 17.0 Å². The van der Waals surface area contributed by atoms with Gasteiger partial charge in [-0.25, -0.2) is 4.79 Å². The third-order valence-corrected chi connectivity index (χ3v) is 3.92. The topological polar surface area (TPSA) is 92.4 Å². The van der Waals surface area contributed by atoms with Crippen LogP contribution in [-0.4, -0.2) is 22.1 Å². The van der Waals surface area contributed by atoms with Crippen molar-refractivity contribution in [3.8, 4) is 0 Å². The second-order valence-electron chi connectivity index (χ2n) is 5.54. The number of hydrogen-bond acceptors (Lipinski definition) is 4. The lowest BCUT2D eigenvalue weighted by molar-refractivity contribution is 0.0696. The van der Waals surface area contributed by atoms with Gasteiger partial charge in [-0.3, -0.25) is 4.79 Å². The minimum absolute atomic E-state index is 0.215. The Morgan fingerprint density at radius 3 is 2.67 bits per heavy atom. The minimum Gasteiger partial charge on any atom is -0.478 e. The van der Waals surface area contributed by atoms with E-state index in [1.165, 1.54) is 0 Å². The maximum absolute atomic E-state index is 12.3. The highest BCUT2D eigenvalue weighted by atomic mass is 16.5. The third-order valence-electron chi connectivity index (χ3n) is 3.92. The first-order valence-corrected chi connectivity index (χ1v) is 7.43. The number of carbonyl (C=O) groups is 2. The molecular weight excluding hydrogens is 308 g/mol.